The number of allylic oxidation sites excluding steroid dienone is 2. The topological polar surface area (TPSA) is 43.9 Å². The van der Waals surface area contributed by atoms with Gasteiger partial charge in [0.05, 0.1) is 11.2 Å². The first-order valence-electron chi connectivity index (χ1n) is 16.4. The number of hydrogen-bond donors (Lipinski definition) is 0. The molecule has 5 aromatic carbocycles. The van der Waals surface area contributed by atoms with Crippen LogP contribution in [0.2, 0.25) is 0 Å². The average molecular weight is 636 g/mol. The minimum atomic E-state index is 0.654. The molecule has 4 heterocycles. The lowest BCUT2D eigenvalue weighted by molar-refractivity contribution is 0.599. The van der Waals surface area contributed by atoms with Crippen molar-refractivity contribution < 1.29 is 4.42 Å². The zero-order valence-electron chi connectivity index (χ0n) is 26.3. The van der Waals surface area contributed by atoms with Crippen LogP contribution in [0.5, 0.6) is 0 Å². The van der Waals surface area contributed by atoms with Gasteiger partial charge in [-0.05, 0) is 65.8 Å². The quantitative estimate of drug-likeness (QED) is 0.193. The molecule has 9 aromatic rings. The SMILES string of the molecule is C=Cc1oc2c(-n3c4c(c5c6sc7ccccc7c6c6ccccc6c53)CCC=C4)nc(-c3ccc4ccccc4c3)nc2c1/C=C\C. The molecule has 5 heteroatoms. The number of thiophene rings is 1. The summed E-state index contributed by atoms with van der Waals surface area (Å²) in [7, 11) is 0. The smallest absolute Gasteiger partial charge is 0.197 e. The molecule has 228 valence electrons. The molecule has 0 bridgehead atoms. The Balaban J connectivity index is 1.41. The van der Waals surface area contributed by atoms with Gasteiger partial charge in [0.15, 0.2) is 17.2 Å². The van der Waals surface area contributed by atoms with Gasteiger partial charge in [-0.25, -0.2) is 9.97 Å². The van der Waals surface area contributed by atoms with Gasteiger partial charge in [-0.15, -0.1) is 11.3 Å². The number of benzene rings is 5. The normalized spacial score (nSPS) is 13.3. The number of fused-ring (bicyclic) bond motifs is 12. The Kier molecular flexibility index (Phi) is 5.90. The Labute approximate surface area is 280 Å². The molecule has 0 radical (unpaired) electrons. The van der Waals surface area contributed by atoms with Gasteiger partial charge in [0.2, 0.25) is 0 Å². The van der Waals surface area contributed by atoms with Crippen LogP contribution in [0.4, 0.5) is 0 Å². The molecule has 0 amide bonds. The predicted octanol–water partition coefficient (Wildman–Crippen LogP) is 12.1. The Morgan fingerprint density at radius 2 is 1.65 bits per heavy atom. The lowest BCUT2D eigenvalue weighted by Gasteiger charge is -2.14. The van der Waals surface area contributed by atoms with Crippen molar-refractivity contribution in [3.63, 3.8) is 0 Å². The summed E-state index contributed by atoms with van der Waals surface area (Å²) in [5.74, 6) is 2.09. The van der Waals surface area contributed by atoms with Crippen molar-refractivity contribution in [1.82, 2.24) is 14.5 Å². The van der Waals surface area contributed by atoms with Gasteiger partial charge in [0.1, 0.15) is 11.3 Å². The van der Waals surface area contributed by atoms with E-state index in [-0.39, 0.29) is 0 Å². The Hall–Kier alpha value is -5.78. The minimum absolute atomic E-state index is 0.654. The fraction of sp³-hybridized carbons (Fsp3) is 0.0698. The molecule has 0 aliphatic heterocycles. The third-order valence-electron chi connectivity index (χ3n) is 9.74. The molecule has 1 aliphatic carbocycles. The summed E-state index contributed by atoms with van der Waals surface area (Å²) < 4.78 is 11.7. The molecule has 0 fully saturated rings. The first kappa shape index (κ1) is 27.3. The van der Waals surface area contributed by atoms with Crippen molar-refractivity contribution in [3.8, 4) is 17.2 Å². The first-order valence-corrected chi connectivity index (χ1v) is 17.2. The summed E-state index contributed by atoms with van der Waals surface area (Å²) in [6.07, 6.45) is 12.4. The highest BCUT2D eigenvalue weighted by Gasteiger charge is 2.29. The molecular weight excluding hydrogens is 607 g/mol. The van der Waals surface area contributed by atoms with Crippen LogP contribution >= 0.6 is 11.3 Å². The summed E-state index contributed by atoms with van der Waals surface area (Å²) in [5, 5.41) is 8.74. The fourth-order valence-electron chi connectivity index (χ4n) is 7.69. The lowest BCUT2D eigenvalue weighted by Crippen LogP contribution is -2.05. The molecule has 0 saturated carbocycles. The van der Waals surface area contributed by atoms with Crippen LogP contribution in [0.1, 0.15) is 35.9 Å². The molecule has 0 N–H and O–H groups in total. The van der Waals surface area contributed by atoms with Crippen molar-refractivity contribution in [1.29, 1.82) is 0 Å². The maximum absolute atomic E-state index is 6.67. The van der Waals surface area contributed by atoms with E-state index in [4.69, 9.17) is 14.4 Å². The Morgan fingerprint density at radius 3 is 2.50 bits per heavy atom. The number of aromatic nitrogens is 3. The molecule has 0 spiro atoms. The third kappa shape index (κ3) is 3.76. The largest absolute Gasteiger partial charge is 0.450 e. The van der Waals surface area contributed by atoms with Crippen LogP contribution in [0.15, 0.2) is 114 Å². The predicted molar refractivity (Wildman–Crippen MR) is 204 cm³/mol. The molecule has 0 saturated heterocycles. The van der Waals surface area contributed by atoms with E-state index in [9.17, 15) is 0 Å². The van der Waals surface area contributed by atoms with Gasteiger partial charge in [0.25, 0.3) is 0 Å². The number of aryl methyl sites for hydroxylation is 1. The third-order valence-corrected chi connectivity index (χ3v) is 10.9. The molecule has 4 aromatic heterocycles. The summed E-state index contributed by atoms with van der Waals surface area (Å²) in [6, 6.07) is 32.5. The van der Waals surface area contributed by atoms with Gasteiger partial charge in [-0.1, -0.05) is 104 Å². The minimum Gasteiger partial charge on any atom is -0.450 e. The summed E-state index contributed by atoms with van der Waals surface area (Å²) in [4.78, 5) is 10.6. The van der Waals surface area contributed by atoms with Gasteiger partial charge in [0, 0.05) is 42.1 Å². The van der Waals surface area contributed by atoms with E-state index in [1.165, 1.54) is 47.3 Å². The maximum Gasteiger partial charge on any atom is 0.197 e. The van der Waals surface area contributed by atoms with Crippen molar-refractivity contribution in [2.75, 3.05) is 0 Å². The standard InChI is InChI=1S/C43H29N3OS/c1-3-13-31-34(4-2)47-40-38(31)44-42(27-23-22-25-14-5-6-15-26(25)24-27)45-43(40)46-33-20-11-9-18-30(33)37-39(46)29-17-8-7-16-28(29)36-32-19-10-12-21-35(32)48-41(36)37/h3-8,10-17,19-24H,2,9,18H2,1H3/b13-3-. The van der Waals surface area contributed by atoms with Crippen molar-refractivity contribution in [3.05, 3.63) is 132 Å². The van der Waals surface area contributed by atoms with E-state index in [0.29, 0.717) is 17.2 Å². The zero-order chi connectivity index (χ0) is 31.9. The van der Waals surface area contributed by atoms with Gasteiger partial charge >= 0.3 is 0 Å². The number of furan rings is 1. The van der Waals surface area contributed by atoms with Crippen LogP contribution in [-0.2, 0) is 6.42 Å². The van der Waals surface area contributed by atoms with Crippen LogP contribution in [0.25, 0.3) is 99.2 Å². The van der Waals surface area contributed by atoms with Crippen LogP contribution in [0, 0.1) is 0 Å². The van der Waals surface area contributed by atoms with Gasteiger partial charge in [-0.3, -0.25) is 4.57 Å². The molecule has 0 atom stereocenters. The molecular formula is C43H29N3OS. The average Bonchev–Trinajstić information content (AvgIpc) is 3.81. The highest BCUT2D eigenvalue weighted by molar-refractivity contribution is 7.27. The maximum atomic E-state index is 6.67. The summed E-state index contributed by atoms with van der Waals surface area (Å²) >= 11 is 1.89. The molecule has 1 aliphatic rings. The second-order valence-electron chi connectivity index (χ2n) is 12.4. The molecule has 10 rings (SSSR count). The van der Waals surface area contributed by atoms with Crippen LogP contribution in [0.3, 0.4) is 0 Å². The lowest BCUT2D eigenvalue weighted by atomic mass is 9.96. The number of hydrogen-bond acceptors (Lipinski definition) is 4. The Morgan fingerprint density at radius 1 is 0.854 bits per heavy atom. The van der Waals surface area contributed by atoms with E-state index in [1.54, 1.807) is 6.08 Å². The summed E-state index contributed by atoms with van der Waals surface area (Å²) in [6.45, 7) is 6.11. The van der Waals surface area contributed by atoms with Gasteiger partial charge in [-0.2, -0.15) is 0 Å². The van der Waals surface area contributed by atoms with E-state index in [0.717, 1.165) is 51.9 Å². The van der Waals surface area contributed by atoms with E-state index in [2.05, 4.69) is 120 Å². The number of rotatable bonds is 4. The van der Waals surface area contributed by atoms with Crippen molar-refractivity contribution in [2.24, 2.45) is 0 Å². The Bertz CT molecular complexity index is 2880. The number of nitrogens with zero attached hydrogens (tertiary/aromatic N) is 3. The fourth-order valence-corrected chi connectivity index (χ4v) is 8.98. The molecule has 4 nitrogen and oxygen atoms in total. The van der Waals surface area contributed by atoms with E-state index < -0.39 is 0 Å². The summed E-state index contributed by atoms with van der Waals surface area (Å²) in [5.41, 5.74) is 6.97. The highest BCUT2D eigenvalue weighted by Crippen LogP contribution is 2.49. The van der Waals surface area contributed by atoms with E-state index >= 15 is 0 Å². The second kappa shape index (κ2) is 10.4. The first-order chi connectivity index (χ1) is 23.7. The van der Waals surface area contributed by atoms with E-state index in [1.807, 2.05) is 24.3 Å². The van der Waals surface area contributed by atoms with Crippen molar-refractivity contribution >= 4 is 93.3 Å². The zero-order valence-corrected chi connectivity index (χ0v) is 27.1. The second-order valence-corrected chi connectivity index (χ2v) is 13.5. The molecule has 48 heavy (non-hydrogen) atoms. The highest BCUT2D eigenvalue weighted by atomic mass is 32.1. The van der Waals surface area contributed by atoms with Crippen LogP contribution in [-0.4, -0.2) is 14.5 Å². The van der Waals surface area contributed by atoms with Gasteiger partial charge < -0.3 is 4.42 Å². The van der Waals surface area contributed by atoms with Crippen molar-refractivity contribution in [2.45, 2.75) is 19.8 Å². The van der Waals surface area contributed by atoms with Crippen LogP contribution < -0.4 is 0 Å². The molecule has 0 unspecified atom stereocenters. The monoisotopic (exact) mass is 635 g/mol.